The molecule has 6 heteroatoms. The minimum absolute atomic E-state index is 0.0395. The van der Waals surface area contributed by atoms with Crippen LogP contribution in [0.4, 0.5) is 10.5 Å². The Kier molecular flexibility index (Phi) is 5.78. The van der Waals surface area contributed by atoms with E-state index in [4.69, 9.17) is 5.11 Å². The highest BCUT2D eigenvalue weighted by molar-refractivity contribution is 5.92. The van der Waals surface area contributed by atoms with Crippen molar-refractivity contribution in [3.8, 4) is 0 Å². The Morgan fingerprint density at radius 1 is 1.37 bits per heavy atom. The molecule has 3 N–H and O–H groups in total. The van der Waals surface area contributed by atoms with Crippen LogP contribution in [0.25, 0.3) is 0 Å². The highest BCUT2D eigenvalue weighted by Crippen LogP contribution is 2.08. The number of amides is 2. The van der Waals surface area contributed by atoms with Crippen molar-refractivity contribution in [1.29, 1.82) is 0 Å². The van der Waals surface area contributed by atoms with Crippen molar-refractivity contribution in [3.05, 3.63) is 24.0 Å². The lowest BCUT2D eigenvalue weighted by molar-refractivity contribution is 0.0696. The van der Waals surface area contributed by atoms with Gasteiger partial charge in [-0.2, -0.15) is 0 Å². The van der Waals surface area contributed by atoms with E-state index in [9.17, 15) is 9.59 Å². The number of aromatic nitrogens is 1. The summed E-state index contributed by atoms with van der Waals surface area (Å²) >= 11 is 0. The number of nitrogens with zero attached hydrogens (tertiary/aromatic N) is 1. The van der Waals surface area contributed by atoms with Crippen LogP contribution in [0.15, 0.2) is 18.5 Å². The molecule has 0 aliphatic carbocycles. The number of carbonyl (C=O) groups excluding carboxylic acids is 1. The van der Waals surface area contributed by atoms with Gasteiger partial charge in [0.25, 0.3) is 0 Å². The Bertz CT molecular complexity index is 447. The molecule has 1 heterocycles. The molecule has 0 aromatic carbocycles. The van der Waals surface area contributed by atoms with Gasteiger partial charge in [-0.15, -0.1) is 0 Å². The molecular formula is C13H19N3O3. The lowest BCUT2D eigenvalue weighted by Crippen LogP contribution is -2.29. The zero-order chi connectivity index (χ0) is 14.3. The van der Waals surface area contributed by atoms with Gasteiger partial charge in [0.05, 0.1) is 17.4 Å². The number of aromatic carboxylic acids is 1. The minimum Gasteiger partial charge on any atom is -0.478 e. The van der Waals surface area contributed by atoms with E-state index in [2.05, 4.69) is 29.5 Å². The Balaban J connectivity index is 2.40. The molecule has 0 saturated carbocycles. The molecule has 0 unspecified atom stereocenters. The van der Waals surface area contributed by atoms with Crippen LogP contribution in [-0.4, -0.2) is 28.6 Å². The Morgan fingerprint density at radius 2 is 2.11 bits per heavy atom. The number of nitrogens with one attached hydrogen (secondary N) is 2. The lowest BCUT2D eigenvalue weighted by atomic mass is 10.1. The van der Waals surface area contributed by atoms with Crippen molar-refractivity contribution in [2.45, 2.75) is 26.7 Å². The Labute approximate surface area is 112 Å². The number of carboxylic acid groups (broad SMARTS) is 1. The Morgan fingerprint density at radius 3 is 2.74 bits per heavy atom. The van der Waals surface area contributed by atoms with Crippen LogP contribution in [0.5, 0.6) is 0 Å². The molecule has 0 fully saturated rings. The second-order valence-electron chi connectivity index (χ2n) is 4.68. The number of hydrogen-bond acceptors (Lipinski definition) is 3. The van der Waals surface area contributed by atoms with Crippen LogP contribution < -0.4 is 10.6 Å². The maximum atomic E-state index is 11.5. The molecule has 6 nitrogen and oxygen atoms in total. The number of hydrogen-bond donors (Lipinski definition) is 3. The average molecular weight is 265 g/mol. The molecule has 0 atom stereocenters. The zero-order valence-corrected chi connectivity index (χ0v) is 11.1. The normalized spacial score (nSPS) is 10.3. The zero-order valence-electron chi connectivity index (χ0n) is 11.1. The number of rotatable bonds is 6. The summed E-state index contributed by atoms with van der Waals surface area (Å²) in [5.41, 5.74) is 0.402. The second-order valence-corrected chi connectivity index (χ2v) is 4.68. The van der Waals surface area contributed by atoms with Gasteiger partial charge in [0, 0.05) is 12.7 Å². The van der Waals surface area contributed by atoms with Crippen LogP contribution in [0, 0.1) is 5.92 Å². The van der Waals surface area contributed by atoms with Crippen LogP contribution in [0.2, 0.25) is 0 Å². The van der Waals surface area contributed by atoms with Crippen molar-refractivity contribution in [1.82, 2.24) is 10.3 Å². The first-order valence-corrected chi connectivity index (χ1v) is 6.22. The molecule has 1 rings (SSSR count). The summed E-state index contributed by atoms with van der Waals surface area (Å²) in [7, 11) is 0. The largest absolute Gasteiger partial charge is 0.478 e. The van der Waals surface area contributed by atoms with E-state index in [1.807, 2.05) is 0 Å². The first-order chi connectivity index (χ1) is 8.99. The maximum Gasteiger partial charge on any atom is 0.337 e. The van der Waals surface area contributed by atoms with Gasteiger partial charge in [-0.25, -0.2) is 9.59 Å². The number of anilines is 1. The van der Waals surface area contributed by atoms with Gasteiger partial charge in [0.1, 0.15) is 0 Å². The molecule has 1 aromatic rings. The molecule has 0 radical (unpaired) electrons. The molecular weight excluding hydrogens is 246 g/mol. The van der Waals surface area contributed by atoms with Crippen molar-refractivity contribution in [2.75, 3.05) is 11.9 Å². The fourth-order valence-electron chi connectivity index (χ4n) is 1.51. The summed E-state index contributed by atoms with van der Waals surface area (Å²) < 4.78 is 0. The molecule has 0 aliphatic rings. The van der Waals surface area contributed by atoms with Gasteiger partial charge in [-0.1, -0.05) is 13.8 Å². The van der Waals surface area contributed by atoms with Crippen molar-refractivity contribution < 1.29 is 14.7 Å². The summed E-state index contributed by atoms with van der Waals surface area (Å²) in [6.45, 7) is 4.85. The molecule has 0 bridgehead atoms. The van der Waals surface area contributed by atoms with E-state index < -0.39 is 5.97 Å². The third-order valence-corrected chi connectivity index (χ3v) is 2.49. The van der Waals surface area contributed by atoms with Crippen LogP contribution >= 0.6 is 0 Å². The van der Waals surface area contributed by atoms with E-state index >= 15 is 0 Å². The number of urea groups is 1. The molecule has 104 valence electrons. The lowest BCUT2D eigenvalue weighted by Gasteiger charge is -2.08. The number of carbonyl (C=O) groups is 2. The van der Waals surface area contributed by atoms with Gasteiger partial charge in [-0.3, -0.25) is 4.98 Å². The fraction of sp³-hybridized carbons (Fsp3) is 0.462. The quantitative estimate of drug-likeness (QED) is 0.688. The summed E-state index contributed by atoms with van der Waals surface area (Å²) in [4.78, 5) is 26.0. The van der Waals surface area contributed by atoms with Crippen molar-refractivity contribution in [2.24, 2.45) is 5.92 Å². The van der Waals surface area contributed by atoms with Crippen LogP contribution in [-0.2, 0) is 0 Å². The Hall–Kier alpha value is -2.11. The van der Waals surface area contributed by atoms with Gasteiger partial charge in [0.15, 0.2) is 0 Å². The average Bonchev–Trinajstić information content (AvgIpc) is 2.34. The molecule has 0 aliphatic heterocycles. The van der Waals surface area contributed by atoms with Crippen molar-refractivity contribution >= 4 is 17.7 Å². The second kappa shape index (κ2) is 7.35. The van der Waals surface area contributed by atoms with Crippen LogP contribution in [0.1, 0.15) is 37.0 Å². The first kappa shape index (κ1) is 14.9. The van der Waals surface area contributed by atoms with E-state index in [-0.39, 0.29) is 11.6 Å². The summed E-state index contributed by atoms with van der Waals surface area (Å²) in [5, 5.41) is 14.1. The highest BCUT2D eigenvalue weighted by atomic mass is 16.4. The predicted molar refractivity (Wildman–Crippen MR) is 72.3 cm³/mol. The third-order valence-electron chi connectivity index (χ3n) is 2.49. The first-order valence-electron chi connectivity index (χ1n) is 6.22. The number of pyridine rings is 1. The molecule has 0 spiro atoms. The van der Waals surface area contributed by atoms with E-state index in [0.717, 1.165) is 12.8 Å². The maximum absolute atomic E-state index is 11.5. The third kappa shape index (κ3) is 5.85. The standard InChI is InChI=1S/C13H19N3O3/c1-9(2)4-3-5-15-13(19)16-11-6-10(12(17)18)7-14-8-11/h6-9H,3-5H2,1-2H3,(H,17,18)(H2,15,16,19). The van der Waals surface area contributed by atoms with E-state index in [1.54, 1.807) is 0 Å². The highest BCUT2D eigenvalue weighted by Gasteiger charge is 2.06. The van der Waals surface area contributed by atoms with Gasteiger partial charge in [-0.05, 0) is 24.8 Å². The predicted octanol–water partition coefficient (Wildman–Crippen LogP) is 2.34. The van der Waals surface area contributed by atoms with Gasteiger partial charge in [0.2, 0.25) is 0 Å². The fourth-order valence-corrected chi connectivity index (χ4v) is 1.51. The molecule has 19 heavy (non-hydrogen) atoms. The molecule has 0 saturated heterocycles. The minimum atomic E-state index is -1.08. The number of carboxylic acids is 1. The van der Waals surface area contributed by atoms with Crippen molar-refractivity contribution in [3.63, 3.8) is 0 Å². The SMILES string of the molecule is CC(C)CCCNC(=O)Nc1cncc(C(=O)O)c1. The monoisotopic (exact) mass is 265 g/mol. The topological polar surface area (TPSA) is 91.3 Å². The summed E-state index contributed by atoms with van der Waals surface area (Å²) in [6.07, 6.45) is 4.60. The molecule has 1 aromatic heterocycles. The van der Waals surface area contributed by atoms with E-state index in [1.165, 1.54) is 18.5 Å². The summed E-state index contributed by atoms with van der Waals surface area (Å²) in [5.74, 6) is -0.463. The molecule has 2 amide bonds. The van der Waals surface area contributed by atoms with Gasteiger partial charge < -0.3 is 15.7 Å². The van der Waals surface area contributed by atoms with Crippen LogP contribution in [0.3, 0.4) is 0 Å². The van der Waals surface area contributed by atoms with E-state index in [0.29, 0.717) is 18.2 Å². The summed E-state index contributed by atoms with van der Waals surface area (Å²) in [6, 6.07) is 1.01. The smallest absolute Gasteiger partial charge is 0.337 e. The van der Waals surface area contributed by atoms with Gasteiger partial charge >= 0.3 is 12.0 Å².